The topological polar surface area (TPSA) is 106 Å². The molecule has 0 saturated heterocycles. The summed E-state index contributed by atoms with van der Waals surface area (Å²) in [5, 5.41) is 10.4. The third-order valence-electron chi connectivity index (χ3n) is 2.37. The van der Waals surface area contributed by atoms with E-state index in [1.165, 1.54) is 0 Å². The number of nitrogens with one attached hydrogen (secondary N) is 1. The average Bonchev–Trinajstić information content (AvgIpc) is 2.37. The lowest BCUT2D eigenvalue weighted by Gasteiger charge is -2.06. The first-order valence-electron chi connectivity index (χ1n) is 5.56. The summed E-state index contributed by atoms with van der Waals surface area (Å²) < 4.78 is 50.2. The molecule has 112 valence electrons. The molecule has 1 unspecified atom stereocenters. The molecule has 0 radical (unpaired) electrons. The van der Waals surface area contributed by atoms with Crippen LogP contribution in [-0.4, -0.2) is 35.6 Å². The number of hydrogen-bond acceptors (Lipinski definition) is 5. The first-order chi connectivity index (χ1) is 9.27. The van der Waals surface area contributed by atoms with Gasteiger partial charge in [0.05, 0.1) is 9.82 Å². The van der Waals surface area contributed by atoms with E-state index in [2.05, 4.69) is 4.72 Å². The van der Waals surface area contributed by atoms with Crippen molar-refractivity contribution in [2.45, 2.75) is 11.8 Å². The van der Waals surface area contributed by atoms with Gasteiger partial charge in [0.2, 0.25) is 15.8 Å². The van der Waals surface area contributed by atoms with Gasteiger partial charge in [-0.25, -0.2) is 13.1 Å². The fourth-order valence-corrected chi connectivity index (χ4v) is 3.11. The van der Waals surface area contributed by atoms with Crippen LogP contribution < -0.4 is 4.72 Å². The van der Waals surface area contributed by atoms with Crippen molar-refractivity contribution in [3.8, 4) is 0 Å². The first-order valence-corrected chi connectivity index (χ1v) is 8.53. The highest BCUT2D eigenvalue weighted by molar-refractivity contribution is 7.89. The summed E-state index contributed by atoms with van der Waals surface area (Å²) in [5.41, 5.74) is -0.795. The lowest BCUT2D eigenvalue weighted by atomic mass is 10.3. The van der Waals surface area contributed by atoms with E-state index in [9.17, 15) is 27.1 Å². The molecule has 1 N–H and O–H groups in total. The molecule has 0 saturated carbocycles. The minimum absolute atomic E-state index is 0.0542. The van der Waals surface area contributed by atoms with Gasteiger partial charge in [0.1, 0.15) is 0 Å². The van der Waals surface area contributed by atoms with E-state index in [0.29, 0.717) is 11.8 Å². The number of nitro benzene ring substituents is 1. The van der Waals surface area contributed by atoms with Crippen molar-refractivity contribution in [2.24, 2.45) is 0 Å². The number of hydrogen-bond donors (Lipinski definition) is 1. The number of nitrogens with zero attached hydrogens (tertiary/aromatic N) is 1. The van der Waals surface area contributed by atoms with Crippen LogP contribution in [0.25, 0.3) is 0 Å². The molecule has 0 bridgehead atoms. The molecule has 0 aliphatic rings. The Morgan fingerprint density at radius 1 is 1.45 bits per heavy atom. The Morgan fingerprint density at radius 3 is 2.60 bits per heavy atom. The smallest absolute Gasteiger partial charge is 0.260 e. The molecule has 0 aliphatic heterocycles. The van der Waals surface area contributed by atoms with Gasteiger partial charge in [-0.1, -0.05) is 6.92 Å². The second kappa shape index (κ2) is 6.86. The molecule has 0 heterocycles. The lowest BCUT2D eigenvalue weighted by molar-refractivity contribution is -0.387. The molecular weight excluding hydrogens is 311 g/mol. The fraction of sp³-hybridized carbons (Fsp3) is 0.400. The van der Waals surface area contributed by atoms with Crippen molar-refractivity contribution in [3.63, 3.8) is 0 Å². The van der Waals surface area contributed by atoms with E-state index >= 15 is 0 Å². The lowest BCUT2D eigenvalue weighted by Crippen LogP contribution is -2.28. The standard InChI is InChI=1S/C10H13FN2O5S2/c1-2-19(16)6-5-12-20(17,18)8-3-4-10(13(14)15)9(11)7-8/h3-4,7,12H,2,5-6H2,1H3. The number of rotatable bonds is 7. The van der Waals surface area contributed by atoms with Crippen LogP contribution in [0.15, 0.2) is 23.1 Å². The molecule has 0 aromatic heterocycles. The van der Waals surface area contributed by atoms with Crippen molar-refractivity contribution in [2.75, 3.05) is 18.1 Å². The summed E-state index contributed by atoms with van der Waals surface area (Å²) in [6.45, 7) is 1.65. The quantitative estimate of drug-likeness (QED) is 0.589. The van der Waals surface area contributed by atoms with Crippen molar-refractivity contribution >= 4 is 26.5 Å². The summed E-state index contributed by atoms with van der Waals surface area (Å²) in [5.74, 6) is -0.672. The highest BCUT2D eigenvalue weighted by Crippen LogP contribution is 2.20. The molecule has 0 amide bonds. The minimum atomic E-state index is -3.98. The predicted octanol–water partition coefficient (Wildman–Crippen LogP) is 0.781. The van der Waals surface area contributed by atoms with Gasteiger partial charge in [-0.3, -0.25) is 14.3 Å². The van der Waals surface area contributed by atoms with E-state index < -0.39 is 42.1 Å². The Kier molecular flexibility index (Phi) is 5.72. The Balaban J connectivity index is 2.85. The monoisotopic (exact) mass is 324 g/mol. The van der Waals surface area contributed by atoms with Crippen LogP contribution in [0, 0.1) is 15.9 Å². The third-order valence-corrected chi connectivity index (χ3v) is 5.13. The average molecular weight is 324 g/mol. The van der Waals surface area contributed by atoms with Gasteiger partial charge in [-0.05, 0) is 6.07 Å². The van der Waals surface area contributed by atoms with E-state index in [1.54, 1.807) is 6.92 Å². The molecule has 1 rings (SSSR count). The van der Waals surface area contributed by atoms with Gasteiger partial charge in [0, 0.05) is 41.0 Å². The van der Waals surface area contributed by atoms with Gasteiger partial charge < -0.3 is 0 Å². The molecule has 1 aromatic rings. The van der Waals surface area contributed by atoms with Crippen LogP contribution in [-0.2, 0) is 20.8 Å². The van der Waals surface area contributed by atoms with Crippen LogP contribution >= 0.6 is 0 Å². The van der Waals surface area contributed by atoms with Crippen LogP contribution in [0.2, 0.25) is 0 Å². The van der Waals surface area contributed by atoms with Gasteiger partial charge in [0.15, 0.2) is 0 Å². The minimum Gasteiger partial charge on any atom is -0.260 e. The maximum absolute atomic E-state index is 13.4. The van der Waals surface area contributed by atoms with Crippen LogP contribution in [0.4, 0.5) is 10.1 Å². The third kappa shape index (κ3) is 4.32. The van der Waals surface area contributed by atoms with Crippen molar-refractivity contribution in [1.29, 1.82) is 0 Å². The summed E-state index contributed by atoms with van der Waals surface area (Å²) in [6, 6.07) is 2.31. The van der Waals surface area contributed by atoms with Gasteiger partial charge in [-0.15, -0.1) is 0 Å². The number of halogens is 1. The Hall–Kier alpha value is -1.39. The summed E-state index contributed by atoms with van der Waals surface area (Å²) in [6.07, 6.45) is 0. The molecule has 1 atom stereocenters. The SMILES string of the molecule is CCS(=O)CCNS(=O)(=O)c1ccc([N+](=O)[O-])c(F)c1. The number of nitro groups is 1. The zero-order chi connectivity index (χ0) is 15.3. The van der Waals surface area contributed by atoms with E-state index in [0.717, 1.165) is 12.1 Å². The predicted molar refractivity (Wildman–Crippen MR) is 71.8 cm³/mol. The van der Waals surface area contributed by atoms with Gasteiger partial charge in [0.25, 0.3) is 0 Å². The molecule has 10 heteroatoms. The molecule has 20 heavy (non-hydrogen) atoms. The maximum Gasteiger partial charge on any atom is 0.304 e. The first kappa shape index (κ1) is 16.7. The van der Waals surface area contributed by atoms with Crippen molar-refractivity contribution < 1.29 is 21.9 Å². The second-order valence-corrected chi connectivity index (χ2v) is 7.33. The molecular formula is C10H13FN2O5S2. The van der Waals surface area contributed by atoms with Gasteiger partial charge in [-0.2, -0.15) is 4.39 Å². The summed E-state index contributed by atoms with van der Waals surface area (Å²) in [4.78, 5) is 9.07. The molecule has 0 aliphatic carbocycles. The summed E-state index contributed by atoms with van der Waals surface area (Å²) >= 11 is 0. The van der Waals surface area contributed by atoms with Crippen LogP contribution in [0.3, 0.4) is 0 Å². The normalized spacial score (nSPS) is 13.1. The Morgan fingerprint density at radius 2 is 2.10 bits per heavy atom. The van der Waals surface area contributed by atoms with Crippen LogP contribution in [0.5, 0.6) is 0 Å². The fourth-order valence-electron chi connectivity index (χ4n) is 1.32. The molecule has 0 fully saturated rings. The van der Waals surface area contributed by atoms with E-state index in [4.69, 9.17) is 0 Å². The second-order valence-electron chi connectivity index (χ2n) is 3.70. The zero-order valence-corrected chi connectivity index (χ0v) is 12.2. The largest absolute Gasteiger partial charge is 0.304 e. The Bertz CT molecular complexity index is 633. The molecule has 7 nitrogen and oxygen atoms in total. The molecule has 1 aromatic carbocycles. The highest BCUT2D eigenvalue weighted by atomic mass is 32.2. The van der Waals surface area contributed by atoms with Crippen molar-refractivity contribution in [1.82, 2.24) is 4.72 Å². The highest BCUT2D eigenvalue weighted by Gasteiger charge is 2.20. The number of benzene rings is 1. The molecule has 0 spiro atoms. The van der Waals surface area contributed by atoms with Gasteiger partial charge >= 0.3 is 5.69 Å². The Labute approximate surface area is 117 Å². The summed E-state index contributed by atoms with van der Waals surface area (Å²) in [7, 11) is -5.10. The van der Waals surface area contributed by atoms with E-state index in [-0.39, 0.29) is 12.3 Å². The zero-order valence-electron chi connectivity index (χ0n) is 10.5. The van der Waals surface area contributed by atoms with Crippen molar-refractivity contribution in [3.05, 3.63) is 34.1 Å². The van der Waals surface area contributed by atoms with E-state index in [1.807, 2.05) is 0 Å². The number of sulfonamides is 1. The maximum atomic E-state index is 13.4. The van der Waals surface area contributed by atoms with Crippen LogP contribution in [0.1, 0.15) is 6.92 Å².